The summed E-state index contributed by atoms with van der Waals surface area (Å²) in [5, 5.41) is 0. The van der Waals surface area contributed by atoms with Crippen molar-refractivity contribution in [3.8, 4) is 0 Å². The van der Waals surface area contributed by atoms with Gasteiger partial charge in [0, 0.05) is 23.5 Å². The highest BCUT2D eigenvalue weighted by molar-refractivity contribution is 5.87. The van der Waals surface area contributed by atoms with Gasteiger partial charge in [-0.1, -0.05) is 161 Å². The number of rotatable bonds is 14. The first kappa shape index (κ1) is 27.2. The fraction of sp³-hybridized carbons (Fsp3) is 0.243. The maximum absolute atomic E-state index is 2.51. The van der Waals surface area contributed by atoms with Gasteiger partial charge in [-0.15, -0.1) is 0 Å². The molecule has 0 N–H and O–H groups in total. The summed E-state index contributed by atoms with van der Waals surface area (Å²) < 4.78 is 0. The summed E-state index contributed by atoms with van der Waals surface area (Å²) in [6.07, 6.45) is 18.1. The van der Waals surface area contributed by atoms with Crippen LogP contribution in [0.15, 0.2) is 109 Å². The molecule has 0 saturated heterocycles. The Labute approximate surface area is 230 Å². The number of para-hydroxylation sites is 1. The maximum Gasteiger partial charge on any atom is 0.0490 e. The molecule has 4 rings (SSSR count). The molecule has 4 aromatic carbocycles. The first-order valence-electron chi connectivity index (χ1n) is 14.3. The summed E-state index contributed by atoms with van der Waals surface area (Å²) in [5.41, 5.74) is 7.38. The average molecular weight is 500 g/mol. The van der Waals surface area contributed by atoms with E-state index in [0.29, 0.717) is 0 Å². The summed E-state index contributed by atoms with van der Waals surface area (Å²) in [5.74, 6) is 0. The zero-order valence-electron chi connectivity index (χ0n) is 22.8. The third-order valence-electron chi connectivity index (χ3n) is 6.96. The van der Waals surface area contributed by atoms with E-state index in [1.165, 1.54) is 78.6 Å². The summed E-state index contributed by atoms with van der Waals surface area (Å²) in [4.78, 5) is 2.51. The van der Waals surface area contributed by atoms with Crippen LogP contribution >= 0.6 is 0 Å². The first-order chi connectivity index (χ1) is 18.8. The van der Waals surface area contributed by atoms with Gasteiger partial charge in [-0.3, -0.25) is 0 Å². The van der Waals surface area contributed by atoms with Gasteiger partial charge in [0.15, 0.2) is 0 Å². The molecule has 0 unspecified atom stereocenters. The molecule has 0 atom stereocenters. The van der Waals surface area contributed by atoms with E-state index in [-0.39, 0.29) is 0 Å². The van der Waals surface area contributed by atoms with Gasteiger partial charge in [-0.25, -0.2) is 0 Å². The van der Waals surface area contributed by atoms with Crippen LogP contribution in [0.3, 0.4) is 0 Å². The first-order valence-corrected chi connectivity index (χ1v) is 14.3. The molecule has 0 spiro atoms. The number of benzene rings is 4. The molecule has 0 aliphatic heterocycles. The Morgan fingerprint density at radius 1 is 0.500 bits per heavy atom. The van der Waals surface area contributed by atoms with E-state index in [1.54, 1.807) is 0 Å². The standard InChI is InChI=1S/C37H41N/c1-2-3-4-5-6-7-17-31-38(35-24-15-10-16-25-35)37-26-18-23-34(29-27-32-19-11-8-12-20-32)36(37)30-28-33-21-13-9-14-22-33/h8-16,18-30H,2-7,17,31H2,1H3. The minimum absolute atomic E-state index is 1.01. The summed E-state index contributed by atoms with van der Waals surface area (Å²) in [7, 11) is 0. The van der Waals surface area contributed by atoms with Crippen molar-refractivity contribution >= 4 is 35.7 Å². The smallest absolute Gasteiger partial charge is 0.0490 e. The van der Waals surface area contributed by atoms with Crippen molar-refractivity contribution in [2.24, 2.45) is 0 Å². The monoisotopic (exact) mass is 499 g/mol. The molecule has 38 heavy (non-hydrogen) atoms. The van der Waals surface area contributed by atoms with Gasteiger partial charge >= 0.3 is 0 Å². The molecular formula is C37H41N. The molecular weight excluding hydrogens is 458 g/mol. The molecule has 0 fully saturated rings. The van der Waals surface area contributed by atoms with Gasteiger partial charge in [0.25, 0.3) is 0 Å². The molecule has 1 heteroatoms. The zero-order chi connectivity index (χ0) is 26.3. The Morgan fingerprint density at radius 3 is 1.68 bits per heavy atom. The van der Waals surface area contributed by atoms with Crippen LogP contribution in [-0.2, 0) is 0 Å². The van der Waals surface area contributed by atoms with E-state index < -0.39 is 0 Å². The minimum Gasteiger partial charge on any atom is -0.341 e. The number of anilines is 2. The molecule has 0 aromatic heterocycles. The summed E-state index contributed by atoms with van der Waals surface area (Å²) in [6, 6.07) is 38.7. The van der Waals surface area contributed by atoms with Crippen molar-refractivity contribution in [3.63, 3.8) is 0 Å². The van der Waals surface area contributed by atoms with Crippen LogP contribution in [0.2, 0.25) is 0 Å². The summed E-state index contributed by atoms with van der Waals surface area (Å²) in [6.45, 7) is 3.29. The van der Waals surface area contributed by atoms with E-state index in [1.807, 2.05) is 0 Å². The highest BCUT2D eigenvalue weighted by Crippen LogP contribution is 2.33. The fourth-order valence-corrected chi connectivity index (χ4v) is 4.85. The fourth-order valence-electron chi connectivity index (χ4n) is 4.85. The quantitative estimate of drug-likeness (QED) is 0.123. The lowest BCUT2D eigenvalue weighted by atomic mass is 10.0. The predicted molar refractivity (Wildman–Crippen MR) is 169 cm³/mol. The van der Waals surface area contributed by atoms with E-state index >= 15 is 0 Å². The van der Waals surface area contributed by atoms with Crippen molar-refractivity contribution in [2.45, 2.75) is 51.9 Å². The lowest BCUT2D eigenvalue weighted by molar-refractivity contribution is 0.591. The zero-order valence-corrected chi connectivity index (χ0v) is 22.8. The molecule has 0 aliphatic carbocycles. The lowest BCUT2D eigenvalue weighted by Gasteiger charge is -2.28. The normalized spacial score (nSPS) is 11.4. The number of hydrogen-bond donors (Lipinski definition) is 0. The third-order valence-corrected chi connectivity index (χ3v) is 6.96. The van der Waals surface area contributed by atoms with Crippen molar-refractivity contribution in [2.75, 3.05) is 11.4 Å². The van der Waals surface area contributed by atoms with Crippen LogP contribution in [0.4, 0.5) is 11.4 Å². The van der Waals surface area contributed by atoms with Crippen LogP contribution < -0.4 is 4.90 Å². The van der Waals surface area contributed by atoms with Crippen molar-refractivity contribution in [3.05, 3.63) is 131 Å². The number of unbranched alkanes of at least 4 members (excludes halogenated alkanes) is 6. The molecule has 0 heterocycles. The Balaban J connectivity index is 1.67. The largest absolute Gasteiger partial charge is 0.341 e. The van der Waals surface area contributed by atoms with E-state index in [9.17, 15) is 0 Å². The van der Waals surface area contributed by atoms with Crippen LogP contribution in [-0.4, -0.2) is 6.54 Å². The van der Waals surface area contributed by atoms with Crippen molar-refractivity contribution in [1.29, 1.82) is 0 Å². The second kappa shape index (κ2) is 15.4. The second-order valence-electron chi connectivity index (χ2n) is 9.88. The molecule has 194 valence electrons. The van der Waals surface area contributed by atoms with Gasteiger partial charge in [0.1, 0.15) is 0 Å². The summed E-state index contributed by atoms with van der Waals surface area (Å²) >= 11 is 0. The highest BCUT2D eigenvalue weighted by Gasteiger charge is 2.14. The van der Waals surface area contributed by atoms with Crippen LogP contribution in [0, 0.1) is 0 Å². The average Bonchev–Trinajstić information content (AvgIpc) is 2.98. The topological polar surface area (TPSA) is 3.24 Å². The Morgan fingerprint density at radius 2 is 1.05 bits per heavy atom. The minimum atomic E-state index is 1.01. The van der Waals surface area contributed by atoms with E-state index in [0.717, 1.165) is 6.54 Å². The van der Waals surface area contributed by atoms with Gasteiger partial charge in [0.2, 0.25) is 0 Å². The number of nitrogens with zero attached hydrogens (tertiary/aromatic N) is 1. The maximum atomic E-state index is 2.51. The lowest BCUT2D eigenvalue weighted by Crippen LogP contribution is -2.19. The molecule has 0 bridgehead atoms. The van der Waals surface area contributed by atoms with Gasteiger partial charge < -0.3 is 4.90 Å². The SMILES string of the molecule is CCCCCCCCCN(c1ccccc1)c1cccc(C=Cc2ccccc2)c1C=Cc1ccccc1. The molecule has 0 saturated carbocycles. The van der Waals surface area contributed by atoms with Crippen molar-refractivity contribution < 1.29 is 0 Å². The van der Waals surface area contributed by atoms with Gasteiger partial charge in [-0.2, -0.15) is 0 Å². The third kappa shape index (κ3) is 8.35. The van der Waals surface area contributed by atoms with E-state index in [2.05, 4.69) is 145 Å². The Bertz CT molecular complexity index is 1260. The van der Waals surface area contributed by atoms with Gasteiger partial charge in [-0.05, 0) is 41.3 Å². The highest BCUT2D eigenvalue weighted by atomic mass is 15.1. The van der Waals surface area contributed by atoms with Crippen molar-refractivity contribution in [1.82, 2.24) is 0 Å². The van der Waals surface area contributed by atoms with Crippen LogP contribution in [0.5, 0.6) is 0 Å². The van der Waals surface area contributed by atoms with Gasteiger partial charge in [0.05, 0.1) is 0 Å². The molecule has 4 aromatic rings. The Hall–Kier alpha value is -3.84. The van der Waals surface area contributed by atoms with Crippen LogP contribution in [0.1, 0.15) is 74.1 Å². The molecule has 0 radical (unpaired) electrons. The molecule has 0 amide bonds. The van der Waals surface area contributed by atoms with Crippen LogP contribution in [0.25, 0.3) is 24.3 Å². The predicted octanol–water partition coefficient (Wildman–Crippen LogP) is 10.9. The van der Waals surface area contributed by atoms with E-state index in [4.69, 9.17) is 0 Å². The second-order valence-corrected chi connectivity index (χ2v) is 9.88. The number of hydrogen-bond acceptors (Lipinski definition) is 1. The molecule has 1 nitrogen and oxygen atoms in total. The molecule has 0 aliphatic rings. The Kier molecular flexibility index (Phi) is 11.0.